The van der Waals surface area contributed by atoms with Crippen LogP contribution in [0.3, 0.4) is 0 Å². The van der Waals surface area contributed by atoms with E-state index in [-0.39, 0.29) is 21.8 Å². The Morgan fingerprint density at radius 2 is 1.61 bits per heavy atom. The standard InChI is InChI=1S/C21H18F4N2O3S/c1-12-10-17(20(28)26-15-5-7-16(8-6-15)31(3,29)30)13(2)27(12)19-9-4-14(22)11-18(19)21(23,24)25/h4-11H,1-3H3,(H,26,28). The van der Waals surface area contributed by atoms with Crippen LogP contribution in [0.25, 0.3) is 5.69 Å². The zero-order valence-electron chi connectivity index (χ0n) is 16.7. The Morgan fingerprint density at radius 1 is 1.00 bits per heavy atom. The van der Waals surface area contributed by atoms with E-state index in [0.717, 1.165) is 18.4 Å². The highest BCUT2D eigenvalue weighted by atomic mass is 32.2. The van der Waals surface area contributed by atoms with Gasteiger partial charge in [-0.3, -0.25) is 4.79 Å². The van der Waals surface area contributed by atoms with E-state index in [1.54, 1.807) is 0 Å². The second-order valence-electron chi connectivity index (χ2n) is 7.03. The lowest BCUT2D eigenvalue weighted by Crippen LogP contribution is -2.15. The van der Waals surface area contributed by atoms with Gasteiger partial charge < -0.3 is 9.88 Å². The van der Waals surface area contributed by atoms with Crippen molar-refractivity contribution in [2.45, 2.75) is 24.9 Å². The van der Waals surface area contributed by atoms with Crippen molar-refractivity contribution >= 4 is 21.4 Å². The SMILES string of the molecule is Cc1cc(C(=O)Nc2ccc(S(C)(=O)=O)cc2)c(C)n1-c1ccc(F)cc1C(F)(F)F. The van der Waals surface area contributed by atoms with Crippen LogP contribution in [0.2, 0.25) is 0 Å². The lowest BCUT2D eigenvalue weighted by atomic mass is 10.1. The summed E-state index contributed by atoms with van der Waals surface area (Å²) in [6.07, 6.45) is -3.73. The molecule has 3 aromatic rings. The normalized spacial score (nSPS) is 12.1. The molecular formula is C21H18F4N2O3S. The number of hydrogen-bond acceptors (Lipinski definition) is 3. The van der Waals surface area contributed by atoms with Crippen LogP contribution in [0, 0.1) is 19.7 Å². The van der Waals surface area contributed by atoms with E-state index in [0.29, 0.717) is 17.4 Å². The fourth-order valence-electron chi connectivity index (χ4n) is 3.28. The molecule has 0 unspecified atom stereocenters. The van der Waals surface area contributed by atoms with Crippen molar-refractivity contribution in [1.82, 2.24) is 4.57 Å². The Labute approximate surface area is 176 Å². The second-order valence-corrected chi connectivity index (χ2v) is 9.05. The fourth-order valence-corrected chi connectivity index (χ4v) is 3.91. The number of sulfone groups is 1. The van der Waals surface area contributed by atoms with Gasteiger partial charge in [-0.05, 0) is 62.4 Å². The summed E-state index contributed by atoms with van der Waals surface area (Å²) in [4.78, 5) is 12.8. The molecule has 1 N–H and O–H groups in total. The van der Waals surface area contributed by atoms with Gasteiger partial charge in [-0.1, -0.05) is 0 Å². The molecule has 5 nitrogen and oxygen atoms in total. The molecule has 0 saturated heterocycles. The summed E-state index contributed by atoms with van der Waals surface area (Å²) in [5.41, 5.74) is -0.410. The topological polar surface area (TPSA) is 68.2 Å². The van der Waals surface area contributed by atoms with Crippen LogP contribution < -0.4 is 5.32 Å². The van der Waals surface area contributed by atoms with Gasteiger partial charge in [-0.15, -0.1) is 0 Å². The first-order chi connectivity index (χ1) is 14.3. The summed E-state index contributed by atoms with van der Waals surface area (Å²) in [5.74, 6) is -1.60. The number of carbonyl (C=O) groups is 1. The quantitative estimate of drug-likeness (QED) is 0.570. The minimum atomic E-state index is -4.79. The van der Waals surface area contributed by atoms with E-state index in [4.69, 9.17) is 0 Å². The number of carbonyl (C=O) groups excluding carboxylic acids is 1. The summed E-state index contributed by atoms with van der Waals surface area (Å²) >= 11 is 0. The molecule has 2 aromatic carbocycles. The van der Waals surface area contributed by atoms with E-state index < -0.39 is 33.3 Å². The van der Waals surface area contributed by atoms with Crippen LogP contribution in [0.4, 0.5) is 23.2 Å². The Morgan fingerprint density at radius 3 is 2.16 bits per heavy atom. The van der Waals surface area contributed by atoms with Crippen molar-refractivity contribution in [3.8, 4) is 5.69 Å². The molecule has 1 heterocycles. The minimum Gasteiger partial charge on any atom is -0.322 e. The molecule has 1 amide bonds. The summed E-state index contributed by atoms with van der Waals surface area (Å²) in [6, 6.07) is 9.28. The largest absolute Gasteiger partial charge is 0.418 e. The molecule has 0 spiro atoms. The Kier molecular flexibility index (Phi) is 5.70. The molecule has 10 heteroatoms. The average molecular weight is 454 g/mol. The molecule has 0 bridgehead atoms. The summed E-state index contributed by atoms with van der Waals surface area (Å²) in [7, 11) is -3.39. The Hall–Kier alpha value is -3.14. The highest BCUT2D eigenvalue weighted by Gasteiger charge is 2.35. The number of aryl methyl sites for hydroxylation is 1. The lowest BCUT2D eigenvalue weighted by molar-refractivity contribution is -0.137. The third kappa shape index (κ3) is 4.63. The Balaban J connectivity index is 1.98. The summed E-state index contributed by atoms with van der Waals surface area (Å²) in [6.45, 7) is 3.02. The van der Waals surface area contributed by atoms with Gasteiger partial charge in [0.1, 0.15) is 5.82 Å². The summed E-state index contributed by atoms with van der Waals surface area (Å²) < 4.78 is 78.1. The van der Waals surface area contributed by atoms with E-state index in [1.807, 2.05) is 0 Å². The van der Waals surface area contributed by atoms with E-state index in [1.165, 1.54) is 48.7 Å². The van der Waals surface area contributed by atoms with Crippen LogP contribution >= 0.6 is 0 Å². The number of amides is 1. The van der Waals surface area contributed by atoms with Crippen molar-refractivity contribution in [2.75, 3.05) is 11.6 Å². The van der Waals surface area contributed by atoms with Gasteiger partial charge in [-0.2, -0.15) is 13.2 Å². The number of nitrogens with one attached hydrogen (secondary N) is 1. The van der Waals surface area contributed by atoms with Gasteiger partial charge in [0, 0.05) is 23.3 Å². The molecule has 1 aromatic heterocycles. The fraction of sp³-hybridized carbons (Fsp3) is 0.190. The molecule has 3 rings (SSSR count). The van der Waals surface area contributed by atoms with Crippen LogP contribution in [0.5, 0.6) is 0 Å². The van der Waals surface area contributed by atoms with Gasteiger partial charge in [0.05, 0.1) is 21.7 Å². The lowest BCUT2D eigenvalue weighted by Gasteiger charge is -2.17. The van der Waals surface area contributed by atoms with Crippen molar-refractivity contribution in [2.24, 2.45) is 0 Å². The first-order valence-corrected chi connectivity index (χ1v) is 10.9. The highest BCUT2D eigenvalue weighted by Crippen LogP contribution is 2.36. The predicted octanol–water partition coefficient (Wildman–Crippen LogP) is 4.91. The molecule has 31 heavy (non-hydrogen) atoms. The predicted molar refractivity (Wildman–Crippen MR) is 108 cm³/mol. The van der Waals surface area contributed by atoms with Gasteiger partial charge in [-0.25, -0.2) is 12.8 Å². The molecule has 0 saturated carbocycles. The number of aromatic nitrogens is 1. The molecule has 0 aliphatic carbocycles. The third-order valence-electron chi connectivity index (χ3n) is 4.72. The number of alkyl halides is 3. The molecule has 0 radical (unpaired) electrons. The van der Waals surface area contributed by atoms with Crippen molar-refractivity contribution in [3.63, 3.8) is 0 Å². The molecule has 164 valence electrons. The molecular weight excluding hydrogens is 436 g/mol. The monoisotopic (exact) mass is 454 g/mol. The number of nitrogens with zero attached hydrogens (tertiary/aromatic N) is 1. The second kappa shape index (κ2) is 7.84. The zero-order valence-corrected chi connectivity index (χ0v) is 17.5. The number of hydrogen-bond donors (Lipinski definition) is 1. The van der Waals surface area contributed by atoms with Crippen LogP contribution in [-0.2, 0) is 16.0 Å². The molecule has 0 aliphatic heterocycles. The first-order valence-electron chi connectivity index (χ1n) is 8.96. The molecule has 0 fully saturated rings. The van der Waals surface area contributed by atoms with Crippen molar-refractivity contribution < 1.29 is 30.8 Å². The van der Waals surface area contributed by atoms with Gasteiger partial charge in [0.25, 0.3) is 5.91 Å². The minimum absolute atomic E-state index is 0.0830. The highest BCUT2D eigenvalue weighted by molar-refractivity contribution is 7.90. The number of anilines is 1. The average Bonchev–Trinajstić information content (AvgIpc) is 2.95. The van der Waals surface area contributed by atoms with Crippen LogP contribution in [-0.4, -0.2) is 25.1 Å². The smallest absolute Gasteiger partial charge is 0.322 e. The number of rotatable bonds is 4. The molecule has 0 atom stereocenters. The number of halogens is 4. The van der Waals surface area contributed by atoms with Crippen molar-refractivity contribution in [1.29, 1.82) is 0 Å². The number of benzene rings is 2. The zero-order chi connectivity index (χ0) is 23.1. The van der Waals surface area contributed by atoms with Gasteiger partial charge >= 0.3 is 6.18 Å². The molecule has 0 aliphatic rings. The Bertz CT molecular complexity index is 1260. The maximum Gasteiger partial charge on any atom is 0.418 e. The van der Waals surface area contributed by atoms with Crippen molar-refractivity contribution in [3.05, 3.63) is 76.9 Å². The van der Waals surface area contributed by atoms with Crippen LogP contribution in [0.1, 0.15) is 27.3 Å². The first kappa shape index (κ1) is 22.5. The van der Waals surface area contributed by atoms with Gasteiger partial charge in [0.2, 0.25) is 0 Å². The maximum absolute atomic E-state index is 13.5. The third-order valence-corrected chi connectivity index (χ3v) is 5.85. The van der Waals surface area contributed by atoms with E-state index in [9.17, 15) is 30.8 Å². The van der Waals surface area contributed by atoms with Crippen LogP contribution in [0.15, 0.2) is 53.4 Å². The summed E-state index contributed by atoms with van der Waals surface area (Å²) in [5, 5.41) is 2.59. The van der Waals surface area contributed by atoms with Gasteiger partial charge in [0.15, 0.2) is 9.84 Å². The van der Waals surface area contributed by atoms with E-state index >= 15 is 0 Å². The maximum atomic E-state index is 13.5. The van der Waals surface area contributed by atoms with E-state index in [2.05, 4.69) is 5.32 Å².